The highest BCUT2D eigenvalue weighted by Gasteiger charge is 2.53. The Hall–Kier alpha value is -5.28. The van der Waals surface area contributed by atoms with Gasteiger partial charge in [-0.2, -0.15) is 0 Å². The highest BCUT2D eigenvalue weighted by atomic mass is 32.2. The molecule has 45 heavy (non-hydrogen) atoms. The van der Waals surface area contributed by atoms with Gasteiger partial charge in [-0.15, -0.1) is 11.8 Å². The number of thioether (sulfide) groups is 1. The van der Waals surface area contributed by atoms with Crippen molar-refractivity contribution in [3.05, 3.63) is 161 Å². The minimum absolute atomic E-state index is 0.233. The first kappa shape index (κ1) is 29.8. The molecule has 2 amide bonds. The molecule has 0 spiro atoms. The van der Waals surface area contributed by atoms with E-state index in [4.69, 9.17) is 10.5 Å². The Labute approximate surface area is 265 Å². The molecule has 0 bridgehead atoms. The molecule has 2 aliphatic rings. The van der Waals surface area contributed by atoms with Crippen LogP contribution in [-0.4, -0.2) is 46.1 Å². The number of allylic oxidation sites excluding steroid dienone is 2. The molecular formula is C36H31N4O4S+. The summed E-state index contributed by atoms with van der Waals surface area (Å²) in [5.41, 5.74) is 9.26. The number of nitrogens with two attached hydrogens (primary N) is 1. The summed E-state index contributed by atoms with van der Waals surface area (Å²) in [4.78, 5) is 45.2. The lowest BCUT2D eigenvalue weighted by Crippen LogP contribution is -2.64. The Bertz CT molecular complexity index is 1740. The molecule has 0 aliphatic carbocycles. The summed E-state index contributed by atoms with van der Waals surface area (Å²) < 4.78 is 8.12. The van der Waals surface area contributed by atoms with E-state index < -0.39 is 24.0 Å². The van der Waals surface area contributed by atoms with Crippen LogP contribution in [0, 0.1) is 0 Å². The number of β-lactam (4-membered cyclic amide) rings is 1. The maximum absolute atomic E-state index is 14.1. The lowest BCUT2D eigenvalue weighted by atomic mass is 10.0. The first-order valence-electron chi connectivity index (χ1n) is 14.5. The van der Waals surface area contributed by atoms with Gasteiger partial charge in [0.15, 0.2) is 31.1 Å². The van der Waals surface area contributed by atoms with Gasteiger partial charge in [-0.3, -0.25) is 19.5 Å². The van der Waals surface area contributed by atoms with E-state index in [1.807, 2.05) is 108 Å². The second-order valence-electron chi connectivity index (χ2n) is 10.6. The van der Waals surface area contributed by atoms with Gasteiger partial charge in [-0.25, -0.2) is 9.36 Å². The molecule has 2 N–H and O–H groups in total. The first-order valence-corrected chi connectivity index (χ1v) is 15.6. The molecule has 6 rings (SSSR count). The Kier molecular flexibility index (Phi) is 8.98. The summed E-state index contributed by atoms with van der Waals surface area (Å²) in [7, 11) is 0. The number of amides is 2. The number of aliphatic imine (C=N–C) groups is 1. The van der Waals surface area contributed by atoms with Crippen molar-refractivity contribution in [3.8, 4) is 0 Å². The van der Waals surface area contributed by atoms with Crippen LogP contribution in [0.15, 0.2) is 144 Å². The van der Waals surface area contributed by atoms with Gasteiger partial charge in [0.2, 0.25) is 5.91 Å². The van der Waals surface area contributed by atoms with Gasteiger partial charge in [0.25, 0.3) is 5.91 Å². The van der Waals surface area contributed by atoms with Gasteiger partial charge in [0.1, 0.15) is 11.1 Å². The number of hydrogen-bond donors (Lipinski definition) is 1. The van der Waals surface area contributed by atoms with Crippen LogP contribution in [-0.2, 0) is 20.9 Å². The molecule has 3 aromatic carbocycles. The molecule has 4 aromatic rings. The fourth-order valence-corrected chi connectivity index (χ4v) is 6.57. The van der Waals surface area contributed by atoms with E-state index in [9.17, 15) is 14.4 Å². The molecule has 1 saturated heterocycles. The largest absolute Gasteiger partial charge is 0.448 e. The molecule has 1 unspecified atom stereocenters. The van der Waals surface area contributed by atoms with Crippen molar-refractivity contribution < 1.29 is 23.7 Å². The van der Waals surface area contributed by atoms with Crippen LogP contribution in [0.3, 0.4) is 0 Å². The van der Waals surface area contributed by atoms with Crippen LogP contribution in [0.1, 0.15) is 33.2 Å². The van der Waals surface area contributed by atoms with Crippen molar-refractivity contribution in [2.75, 3.05) is 5.75 Å². The Morgan fingerprint density at radius 2 is 1.53 bits per heavy atom. The van der Waals surface area contributed by atoms with E-state index in [2.05, 4.69) is 4.99 Å². The van der Waals surface area contributed by atoms with Crippen LogP contribution in [0.5, 0.6) is 0 Å². The van der Waals surface area contributed by atoms with Crippen molar-refractivity contribution in [1.82, 2.24) is 4.90 Å². The number of pyridine rings is 1. The summed E-state index contributed by atoms with van der Waals surface area (Å²) in [5, 5.41) is -0.320. The minimum Gasteiger partial charge on any atom is -0.448 e. The summed E-state index contributed by atoms with van der Waals surface area (Å²) in [6.07, 6.45) is 8.35. The number of fused-ring (bicyclic) bond motifs is 1. The lowest BCUT2D eigenvalue weighted by Gasteiger charge is -2.48. The van der Waals surface area contributed by atoms with E-state index >= 15 is 0 Å². The molecule has 9 heteroatoms. The lowest BCUT2D eigenvalue weighted by molar-refractivity contribution is -0.687. The molecule has 2 aliphatic heterocycles. The summed E-state index contributed by atoms with van der Waals surface area (Å²) >= 11 is 1.57. The maximum atomic E-state index is 14.1. The number of ether oxygens (including phenoxy) is 1. The van der Waals surface area contributed by atoms with E-state index in [1.165, 1.54) is 4.90 Å². The van der Waals surface area contributed by atoms with Crippen LogP contribution in [0.25, 0.3) is 0 Å². The Morgan fingerprint density at radius 1 is 0.933 bits per heavy atom. The second kappa shape index (κ2) is 13.6. The number of benzene rings is 3. The predicted octanol–water partition coefficient (Wildman–Crippen LogP) is 4.62. The van der Waals surface area contributed by atoms with E-state index in [1.54, 1.807) is 42.5 Å². The Balaban J connectivity index is 1.30. The number of hydrogen-bond acceptors (Lipinski definition) is 6. The van der Waals surface area contributed by atoms with Gasteiger partial charge in [-0.05, 0) is 28.3 Å². The second-order valence-corrected chi connectivity index (χ2v) is 11.7. The quantitative estimate of drug-likeness (QED) is 0.121. The average Bonchev–Trinajstić information content (AvgIpc) is 3.08. The van der Waals surface area contributed by atoms with Gasteiger partial charge in [-0.1, -0.05) is 97.1 Å². The molecule has 1 fully saturated rings. The number of esters is 1. The summed E-state index contributed by atoms with van der Waals surface area (Å²) in [5.74, 6) is -0.811. The van der Waals surface area contributed by atoms with Crippen molar-refractivity contribution in [1.29, 1.82) is 0 Å². The highest BCUT2D eigenvalue weighted by Crippen LogP contribution is 2.43. The number of rotatable bonds is 10. The van der Waals surface area contributed by atoms with Crippen molar-refractivity contribution in [2.24, 2.45) is 10.7 Å². The van der Waals surface area contributed by atoms with Gasteiger partial charge < -0.3 is 10.5 Å². The summed E-state index contributed by atoms with van der Waals surface area (Å²) in [6.45, 7) is 0.480. The molecule has 3 heterocycles. The first-order chi connectivity index (χ1) is 22.0. The normalized spacial score (nSPS) is 17.9. The van der Waals surface area contributed by atoms with Crippen LogP contribution >= 0.6 is 11.8 Å². The topological polar surface area (TPSA) is 106 Å². The fourth-order valence-electron chi connectivity index (χ4n) is 5.26. The van der Waals surface area contributed by atoms with Crippen molar-refractivity contribution in [3.63, 3.8) is 0 Å². The molecule has 0 saturated carbocycles. The number of primary amides is 1. The molecule has 2 atom stereocenters. The number of carbonyl (C=O) groups excluding carboxylic acids is 3. The predicted molar refractivity (Wildman–Crippen MR) is 173 cm³/mol. The van der Waals surface area contributed by atoms with Gasteiger partial charge >= 0.3 is 5.97 Å². The molecular weight excluding hydrogens is 584 g/mol. The highest BCUT2D eigenvalue weighted by molar-refractivity contribution is 8.00. The van der Waals surface area contributed by atoms with Crippen LogP contribution in [0.2, 0.25) is 0 Å². The van der Waals surface area contributed by atoms with Gasteiger partial charge in [0.05, 0.1) is 5.56 Å². The van der Waals surface area contributed by atoms with E-state index in [-0.39, 0.29) is 17.0 Å². The molecule has 224 valence electrons. The standard InChI is InChI=1S/C36H30N4O4S/c37-33(41)28-18-21-39(22-19-28)20-10-17-29-24-45-35-30(38-23-25-11-4-1-5-12-25)34(42)40(35)31(29)36(43)44-32(26-13-6-2-7-14-26)27-15-8-3-9-16-27/h1-19,21-23,30,32,35H,20,24H2,(H-,37,41)/p+1/t30?,35-/m1/s1. The SMILES string of the molecule is NC(=O)c1cc[n+](CC=CC2=C(C(=O)OC(c3ccccc3)c3ccccc3)N3C(=O)C(N=Cc4ccccc4)[C@H]3SC2)cc1. The summed E-state index contributed by atoms with van der Waals surface area (Å²) in [6, 6.07) is 31.5. The molecule has 8 nitrogen and oxygen atoms in total. The van der Waals surface area contributed by atoms with Gasteiger partial charge in [0, 0.05) is 24.1 Å². The van der Waals surface area contributed by atoms with Crippen LogP contribution < -0.4 is 10.3 Å². The Morgan fingerprint density at radius 3 is 2.13 bits per heavy atom. The third-order valence-electron chi connectivity index (χ3n) is 7.59. The third-order valence-corrected chi connectivity index (χ3v) is 8.88. The number of aromatic nitrogens is 1. The third kappa shape index (κ3) is 6.63. The molecule has 1 aromatic heterocycles. The number of carbonyl (C=O) groups is 3. The maximum Gasteiger partial charge on any atom is 0.356 e. The monoisotopic (exact) mass is 615 g/mol. The van der Waals surface area contributed by atoms with Crippen LogP contribution in [0.4, 0.5) is 0 Å². The minimum atomic E-state index is -0.659. The zero-order valence-electron chi connectivity index (χ0n) is 24.3. The molecule has 0 radical (unpaired) electrons. The van der Waals surface area contributed by atoms with Crippen molar-refractivity contribution >= 4 is 35.8 Å². The zero-order valence-corrected chi connectivity index (χ0v) is 25.1. The zero-order chi connectivity index (χ0) is 31.2. The van der Waals surface area contributed by atoms with E-state index in [0.29, 0.717) is 23.4 Å². The van der Waals surface area contributed by atoms with Crippen molar-refractivity contribution in [2.45, 2.75) is 24.1 Å². The number of nitrogens with zero attached hydrogens (tertiary/aromatic N) is 3. The smallest absolute Gasteiger partial charge is 0.356 e. The van der Waals surface area contributed by atoms with E-state index in [0.717, 1.165) is 16.7 Å². The average molecular weight is 616 g/mol. The fraction of sp³-hybridized carbons (Fsp3) is 0.139.